The molecule has 1 aliphatic rings. The molecule has 2 heterocycles. The minimum absolute atomic E-state index is 0.350. The fraction of sp³-hybridized carbons (Fsp3) is 0.615. The van der Waals surface area contributed by atoms with Crippen molar-refractivity contribution in [2.24, 2.45) is 0 Å². The van der Waals surface area contributed by atoms with Crippen LogP contribution >= 0.6 is 0 Å². The number of aryl methyl sites for hydroxylation is 1. The second-order valence-electron chi connectivity index (χ2n) is 5.18. The Morgan fingerprint density at radius 3 is 2.45 bits per heavy atom. The van der Waals surface area contributed by atoms with Gasteiger partial charge in [0.25, 0.3) is 0 Å². The highest BCUT2D eigenvalue weighted by atomic mass is 16.5. The van der Waals surface area contributed by atoms with E-state index in [0.717, 1.165) is 32.1 Å². The van der Waals surface area contributed by atoms with Gasteiger partial charge in [0.15, 0.2) is 11.6 Å². The van der Waals surface area contributed by atoms with Crippen LogP contribution in [0.2, 0.25) is 0 Å². The van der Waals surface area contributed by atoms with Gasteiger partial charge < -0.3 is 9.05 Å². The highest BCUT2D eigenvalue weighted by Gasteiger charge is 2.39. The predicted molar refractivity (Wildman–Crippen MR) is 66.5 cm³/mol. The number of rotatable bonds is 3. The molecule has 1 saturated carbocycles. The van der Waals surface area contributed by atoms with E-state index in [9.17, 15) is 5.26 Å². The Balaban J connectivity index is 1.80. The van der Waals surface area contributed by atoms with Gasteiger partial charge in [-0.3, -0.25) is 0 Å². The summed E-state index contributed by atoms with van der Waals surface area (Å²) < 4.78 is 10.2. The van der Waals surface area contributed by atoms with Crippen molar-refractivity contribution in [2.45, 2.75) is 50.9 Å². The summed E-state index contributed by atoms with van der Waals surface area (Å²) in [5.74, 6) is 1.94. The first-order valence-corrected chi connectivity index (χ1v) is 6.75. The summed E-state index contributed by atoms with van der Waals surface area (Å²) in [6, 6.07) is 2.37. The number of aromatic nitrogens is 4. The molecule has 0 amide bonds. The Labute approximate surface area is 116 Å². The summed E-state index contributed by atoms with van der Waals surface area (Å²) in [5.41, 5.74) is -0.614. The molecule has 0 bridgehead atoms. The maximum atomic E-state index is 9.48. The Morgan fingerprint density at radius 2 is 1.80 bits per heavy atom. The smallest absolute Gasteiger partial charge is 0.247 e. The lowest BCUT2D eigenvalue weighted by Crippen LogP contribution is -2.27. The Kier molecular flexibility index (Phi) is 3.22. The lowest BCUT2D eigenvalue weighted by atomic mass is 9.75. The van der Waals surface area contributed by atoms with Gasteiger partial charge in [0, 0.05) is 6.92 Å². The van der Waals surface area contributed by atoms with Crippen molar-refractivity contribution < 1.29 is 9.05 Å². The summed E-state index contributed by atoms with van der Waals surface area (Å²) in [6.07, 6.45) is 5.12. The van der Waals surface area contributed by atoms with Crippen LogP contribution in [0.1, 0.15) is 55.5 Å². The Hall–Kier alpha value is -2.23. The number of nitriles is 1. The summed E-state index contributed by atoms with van der Waals surface area (Å²) in [6.45, 7) is 1.73. The Morgan fingerprint density at radius 1 is 1.10 bits per heavy atom. The average molecular weight is 273 g/mol. The lowest BCUT2D eigenvalue weighted by molar-refractivity contribution is 0.264. The molecular formula is C13H15N5O2. The lowest BCUT2D eigenvalue weighted by Gasteiger charge is -2.26. The monoisotopic (exact) mass is 273 g/mol. The van der Waals surface area contributed by atoms with Gasteiger partial charge in [-0.05, 0) is 12.8 Å². The van der Waals surface area contributed by atoms with Gasteiger partial charge in [-0.15, -0.1) is 0 Å². The quantitative estimate of drug-likeness (QED) is 0.843. The third-order valence-electron chi connectivity index (χ3n) is 3.68. The average Bonchev–Trinajstić information content (AvgIpc) is 3.10. The van der Waals surface area contributed by atoms with Crippen molar-refractivity contribution in [1.29, 1.82) is 5.26 Å². The standard InChI is InChI=1S/C13H15N5O2/c1-9-15-10(17-19-9)7-11-16-12(20-18-11)13(8-14)5-3-2-4-6-13/h2-7H2,1H3. The van der Waals surface area contributed by atoms with E-state index in [1.807, 2.05) is 0 Å². The molecule has 20 heavy (non-hydrogen) atoms. The topological polar surface area (TPSA) is 102 Å². The fourth-order valence-electron chi connectivity index (χ4n) is 2.60. The minimum atomic E-state index is -0.614. The molecule has 0 spiro atoms. The minimum Gasteiger partial charge on any atom is -0.340 e. The van der Waals surface area contributed by atoms with Crippen molar-refractivity contribution in [1.82, 2.24) is 20.3 Å². The molecule has 0 aromatic carbocycles. The van der Waals surface area contributed by atoms with Crippen molar-refractivity contribution in [3.63, 3.8) is 0 Å². The molecule has 1 fully saturated rings. The normalized spacial score (nSPS) is 17.8. The predicted octanol–water partition coefficient (Wildman–Crippen LogP) is 2.08. The van der Waals surface area contributed by atoms with Crippen LogP contribution in [0.15, 0.2) is 9.05 Å². The summed E-state index contributed by atoms with van der Waals surface area (Å²) in [4.78, 5) is 8.46. The zero-order valence-corrected chi connectivity index (χ0v) is 11.3. The SMILES string of the molecule is Cc1nc(Cc2noc(C3(C#N)CCCCC3)n2)no1. The van der Waals surface area contributed by atoms with Gasteiger partial charge in [0.2, 0.25) is 11.8 Å². The molecule has 104 valence electrons. The molecule has 3 rings (SSSR count). The fourth-order valence-corrected chi connectivity index (χ4v) is 2.60. The van der Waals surface area contributed by atoms with E-state index < -0.39 is 5.41 Å². The zero-order chi connectivity index (χ0) is 14.0. The van der Waals surface area contributed by atoms with Gasteiger partial charge >= 0.3 is 0 Å². The summed E-state index contributed by atoms with van der Waals surface area (Å²) in [7, 11) is 0. The largest absolute Gasteiger partial charge is 0.340 e. The van der Waals surface area contributed by atoms with Gasteiger partial charge in [-0.25, -0.2) is 0 Å². The first kappa shape index (κ1) is 12.8. The van der Waals surface area contributed by atoms with E-state index in [-0.39, 0.29) is 0 Å². The molecule has 2 aromatic rings. The van der Waals surface area contributed by atoms with Crippen molar-refractivity contribution >= 4 is 0 Å². The van der Waals surface area contributed by atoms with Gasteiger partial charge in [-0.1, -0.05) is 29.6 Å². The van der Waals surface area contributed by atoms with Crippen LogP contribution < -0.4 is 0 Å². The van der Waals surface area contributed by atoms with Gasteiger partial charge in [0.05, 0.1) is 12.5 Å². The van der Waals surface area contributed by atoms with Crippen LogP contribution in [0, 0.1) is 18.3 Å². The third kappa shape index (κ3) is 2.29. The van der Waals surface area contributed by atoms with E-state index in [2.05, 4.69) is 26.4 Å². The zero-order valence-electron chi connectivity index (χ0n) is 11.3. The highest BCUT2D eigenvalue weighted by Crippen LogP contribution is 2.37. The van der Waals surface area contributed by atoms with E-state index in [1.54, 1.807) is 6.92 Å². The second kappa shape index (κ2) is 5.04. The number of hydrogen-bond acceptors (Lipinski definition) is 7. The van der Waals surface area contributed by atoms with Crippen LogP contribution in [-0.4, -0.2) is 20.3 Å². The van der Waals surface area contributed by atoms with Crippen molar-refractivity contribution in [3.8, 4) is 6.07 Å². The van der Waals surface area contributed by atoms with Crippen LogP contribution in [0.3, 0.4) is 0 Å². The molecule has 0 radical (unpaired) electrons. The van der Waals surface area contributed by atoms with Crippen molar-refractivity contribution in [2.75, 3.05) is 0 Å². The molecule has 1 aliphatic carbocycles. The first-order chi connectivity index (χ1) is 9.72. The van der Waals surface area contributed by atoms with Crippen LogP contribution in [0.4, 0.5) is 0 Å². The number of nitrogens with zero attached hydrogens (tertiary/aromatic N) is 5. The van der Waals surface area contributed by atoms with Crippen LogP contribution in [0.5, 0.6) is 0 Å². The molecule has 0 aliphatic heterocycles. The maximum Gasteiger partial charge on any atom is 0.247 e. The van der Waals surface area contributed by atoms with E-state index >= 15 is 0 Å². The molecular weight excluding hydrogens is 258 g/mol. The van der Waals surface area contributed by atoms with E-state index in [4.69, 9.17) is 9.05 Å². The number of hydrogen-bond donors (Lipinski definition) is 0. The summed E-state index contributed by atoms with van der Waals surface area (Å²) >= 11 is 0. The third-order valence-corrected chi connectivity index (χ3v) is 3.68. The molecule has 2 aromatic heterocycles. The molecule has 0 atom stereocenters. The summed E-state index contributed by atoms with van der Waals surface area (Å²) in [5, 5.41) is 17.2. The second-order valence-corrected chi connectivity index (χ2v) is 5.18. The molecule has 0 N–H and O–H groups in total. The highest BCUT2D eigenvalue weighted by molar-refractivity contribution is 5.19. The van der Waals surface area contributed by atoms with E-state index in [0.29, 0.717) is 29.9 Å². The molecule has 7 heteroatoms. The molecule has 0 saturated heterocycles. The van der Waals surface area contributed by atoms with E-state index in [1.165, 1.54) is 0 Å². The first-order valence-electron chi connectivity index (χ1n) is 6.75. The van der Waals surface area contributed by atoms with Gasteiger partial charge in [-0.2, -0.15) is 15.2 Å². The van der Waals surface area contributed by atoms with Gasteiger partial charge in [0.1, 0.15) is 5.41 Å². The molecule has 7 nitrogen and oxygen atoms in total. The van der Waals surface area contributed by atoms with Crippen molar-refractivity contribution in [3.05, 3.63) is 23.4 Å². The Bertz CT molecular complexity index is 633. The van der Waals surface area contributed by atoms with Crippen LogP contribution in [0.25, 0.3) is 0 Å². The molecule has 0 unspecified atom stereocenters. The maximum absolute atomic E-state index is 9.48. The van der Waals surface area contributed by atoms with Crippen LogP contribution in [-0.2, 0) is 11.8 Å².